The molecule has 5 rings (SSSR count). The second-order valence-corrected chi connectivity index (χ2v) is 7.48. The van der Waals surface area contributed by atoms with Gasteiger partial charge in [-0.15, -0.1) is 0 Å². The molecule has 0 saturated carbocycles. The van der Waals surface area contributed by atoms with E-state index < -0.39 is 5.91 Å². The van der Waals surface area contributed by atoms with Crippen molar-refractivity contribution in [3.8, 4) is 17.0 Å². The summed E-state index contributed by atoms with van der Waals surface area (Å²) in [6.07, 6.45) is 4.78. The van der Waals surface area contributed by atoms with Crippen LogP contribution in [0.2, 0.25) is 0 Å². The average molecular weight is 434 g/mol. The second-order valence-electron chi connectivity index (χ2n) is 7.48. The zero-order valence-corrected chi connectivity index (χ0v) is 17.4. The fourth-order valence-electron chi connectivity index (χ4n) is 3.96. The van der Waals surface area contributed by atoms with Crippen LogP contribution in [0.25, 0.3) is 22.3 Å². The van der Waals surface area contributed by atoms with Crippen molar-refractivity contribution in [1.29, 1.82) is 0 Å². The summed E-state index contributed by atoms with van der Waals surface area (Å²) in [6.45, 7) is 1.85. The summed E-state index contributed by atoms with van der Waals surface area (Å²) in [5.41, 5.74) is 8.88. The van der Waals surface area contributed by atoms with Crippen molar-refractivity contribution in [2.24, 2.45) is 0 Å². The van der Waals surface area contributed by atoms with E-state index in [1.165, 1.54) is 25.7 Å². The number of piperidine rings is 1. The predicted molar refractivity (Wildman–Crippen MR) is 117 cm³/mol. The Morgan fingerprint density at radius 2 is 2.12 bits per heavy atom. The van der Waals surface area contributed by atoms with Crippen LogP contribution in [0.3, 0.4) is 0 Å². The van der Waals surface area contributed by atoms with Crippen LogP contribution in [-0.2, 0) is 0 Å². The van der Waals surface area contributed by atoms with Crippen LogP contribution in [0.15, 0.2) is 41.3 Å². The molecule has 0 unspecified atom stereocenters. The number of ether oxygens (including phenoxy) is 1. The van der Waals surface area contributed by atoms with Crippen LogP contribution < -0.4 is 21.1 Å². The smallest absolute Gasteiger partial charge is 0.294 e. The molecule has 164 valence electrons. The molecule has 1 aromatic carbocycles. The molecule has 0 atom stereocenters. The lowest BCUT2D eigenvalue weighted by Crippen LogP contribution is -2.30. The van der Waals surface area contributed by atoms with Crippen molar-refractivity contribution in [3.63, 3.8) is 0 Å². The number of carbonyl (C=O) groups is 1. The molecule has 0 spiro atoms. The first-order chi connectivity index (χ1) is 15.7. The molecule has 1 amide bonds. The normalized spacial score (nSPS) is 14.5. The fourth-order valence-corrected chi connectivity index (χ4v) is 3.96. The Balaban J connectivity index is 1.55. The number of nitrogens with zero attached hydrogens (tertiary/aromatic N) is 5. The molecule has 1 aliphatic heterocycles. The third-order valence-electron chi connectivity index (χ3n) is 5.56. The Morgan fingerprint density at radius 3 is 2.88 bits per heavy atom. The first-order valence-corrected chi connectivity index (χ1v) is 10.3. The number of amides is 1. The first-order valence-electron chi connectivity index (χ1n) is 10.3. The number of fused-ring (bicyclic) bond motifs is 1. The molecule has 0 bridgehead atoms. The largest absolute Gasteiger partial charge is 0.495 e. The monoisotopic (exact) mass is 434 g/mol. The van der Waals surface area contributed by atoms with Crippen molar-refractivity contribution in [3.05, 3.63) is 42.5 Å². The number of carbonyl (C=O) groups excluding carboxylic acids is 1. The maximum absolute atomic E-state index is 12.3. The summed E-state index contributed by atoms with van der Waals surface area (Å²) >= 11 is 0. The van der Waals surface area contributed by atoms with Crippen LogP contribution in [0.5, 0.6) is 5.75 Å². The van der Waals surface area contributed by atoms with Gasteiger partial charge in [-0.25, -0.2) is 14.6 Å². The van der Waals surface area contributed by atoms with Gasteiger partial charge in [-0.1, -0.05) is 11.2 Å². The van der Waals surface area contributed by atoms with E-state index in [1.54, 1.807) is 12.1 Å². The van der Waals surface area contributed by atoms with Crippen LogP contribution in [0, 0.1) is 0 Å². The standard InChI is InChI=1S/C21H22N8O3/c1-31-16-10-12(2-3-14(16)27-21(30)15-6-9-26-32-15)18-17-19(22)24-11-25-20(17)29(28-18)13-4-7-23-8-5-13/h2-3,6,9-11,13,23H,4-5,7-8H2,1H3,(H,27,30)(H2,22,24,25). The van der Waals surface area contributed by atoms with E-state index >= 15 is 0 Å². The Hall–Kier alpha value is -3.99. The van der Waals surface area contributed by atoms with Gasteiger partial charge in [-0.2, -0.15) is 5.10 Å². The summed E-state index contributed by atoms with van der Waals surface area (Å²) in [5.74, 6) is 0.516. The molecule has 1 fully saturated rings. The van der Waals surface area contributed by atoms with Gasteiger partial charge in [-0.3, -0.25) is 4.79 Å². The van der Waals surface area contributed by atoms with Gasteiger partial charge < -0.3 is 25.6 Å². The van der Waals surface area contributed by atoms with E-state index in [4.69, 9.17) is 20.1 Å². The van der Waals surface area contributed by atoms with Gasteiger partial charge in [0, 0.05) is 11.6 Å². The quantitative estimate of drug-likeness (QED) is 0.430. The molecule has 3 aromatic heterocycles. The third-order valence-corrected chi connectivity index (χ3v) is 5.56. The second kappa shape index (κ2) is 8.27. The van der Waals surface area contributed by atoms with Gasteiger partial charge in [0.05, 0.1) is 30.4 Å². The van der Waals surface area contributed by atoms with Crippen LogP contribution >= 0.6 is 0 Å². The van der Waals surface area contributed by atoms with Crippen LogP contribution in [0.1, 0.15) is 29.4 Å². The Morgan fingerprint density at radius 1 is 1.28 bits per heavy atom. The Kier molecular flexibility index (Phi) is 5.15. The molecule has 1 aliphatic rings. The highest BCUT2D eigenvalue weighted by molar-refractivity contribution is 6.03. The predicted octanol–water partition coefficient (Wildman–Crippen LogP) is 2.25. The summed E-state index contributed by atoms with van der Waals surface area (Å²) in [6, 6.07) is 7.11. The molecule has 11 nitrogen and oxygen atoms in total. The number of anilines is 2. The minimum Gasteiger partial charge on any atom is -0.495 e. The molecular formula is C21H22N8O3. The maximum Gasteiger partial charge on any atom is 0.294 e. The van der Waals surface area contributed by atoms with Gasteiger partial charge in [0.15, 0.2) is 5.65 Å². The molecule has 4 heterocycles. The number of hydrogen-bond donors (Lipinski definition) is 3. The summed E-state index contributed by atoms with van der Waals surface area (Å²) in [7, 11) is 1.53. The summed E-state index contributed by atoms with van der Waals surface area (Å²) in [5, 5.41) is 15.3. The van der Waals surface area contributed by atoms with Gasteiger partial charge in [0.1, 0.15) is 23.6 Å². The minimum atomic E-state index is -0.424. The van der Waals surface area contributed by atoms with E-state index in [2.05, 4.69) is 25.8 Å². The van der Waals surface area contributed by atoms with Crippen LogP contribution in [0.4, 0.5) is 11.5 Å². The number of methoxy groups -OCH3 is 1. The van der Waals surface area contributed by atoms with E-state index in [1.807, 2.05) is 10.7 Å². The van der Waals surface area contributed by atoms with E-state index in [0.717, 1.165) is 31.5 Å². The lowest BCUT2D eigenvalue weighted by atomic mass is 10.1. The molecule has 1 saturated heterocycles. The zero-order valence-electron chi connectivity index (χ0n) is 17.4. The molecule has 4 aromatic rings. The molecule has 0 radical (unpaired) electrons. The SMILES string of the molecule is COc1cc(-c2nn(C3CCNCC3)c3ncnc(N)c23)ccc1NC(=O)c1ccno1. The van der Waals surface area contributed by atoms with Gasteiger partial charge >= 0.3 is 0 Å². The molecular weight excluding hydrogens is 412 g/mol. The van der Waals surface area contributed by atoms with Crippen molar-refractivity contribution < 1.29 is 14.1 Å². The maximum atomic E-state index is 12.3. The average Bonchev–Trinajstić information content (AvgIpc) is 3.49. The third kappa shape index (κ3) is 3.52. The highest BCUT2D eigenvalue weighted by atomic mass is 16.5. The Bertz CT molecular complexity index is 1260. The number of hydrogen-bond acceptors (Lipinski definition) is 9. The number of benzene rings is 1. The molecule has 4 N–H and O–H groups in total. The highest BCUT2D eigenvalue weighted by Gasteiger charge is 2.24. The Labute approximate surface area is 183 Å². The van der Waals surface area contributed by atoms with E-state index in [0.29, 0.717) is 34.0 Å². The van der Waals surface area contributed by atoms with Crippen molar-refractivity contribution in [1.82, 2.24) is 30.2 Å². The molecule has 0 aliphatic carbocycles. The minimum absolute atomic E-state index is 0.104. The van der Waals surface area contributed by atoms with Crippen molar-refractivity contribution in [2.45, 2.75) is 18.9 Å². The highest BCUT2D eigenvalue weighted by Crippen LogP contribution is 2.36. The lowest BCUT2D eigenvalue weighted by Gasteiger charge is -2.23. The zero-order chi connectivity index (χ0) is 22.1. The topological polar surface area (TPSA) is 146 Å². The van der Waals surface area contributed by atoms with Gasteiger partial charge in [0.2, 0.25) is 5.76 Å². The van der Waals surface area contributed by atoms with Crippen molar-refractivity contribution >= 4 is 28.4 Å². The number of aromatic nitrogens is 5. The number of nitrogen functional groups attached to an aromatic ring is 1. The first kappa shape index (κ1) is 19.9. The molecule has 32 heavy (non-hydrogen) atoms. The number of rotatable bonds is 5. The van der Waals surface area contributed by atoms with Crippen LogP contribution in [-0.4, -0.2) is 51.0 Å². The lowest BCUT2D eigenvalue weighted by molar-refractivity contribution is 0.0987. The summed E-state index contributed by atoms with van der Waals surface area (Å²) in [4.78, 5) is 21.0. The van der Waals surface area contributed by atoms with E-state index in [9.17, 15) is 4.79 Å². The number of nitrogens with one attached hydrogen (secondary N) is 2. The molecule has 11 heteroatoms. The number of nitrogens with two attached hydrogens (primary N) is 1. The summed E-state index contributed by atoms with van der Waals surface area (Å²) < 4.78 is 12.4. The van der Waals surface area contributed by atoms with Crippen molar-refractivity contribution in [2.75, 3.05) is 31.2 Å². The van der Waals surface area contributed by atoms with Gasteiger partial charge in [-0.05, 0) is 38.1 Å². The van der Waals surface area contributed by atoms with E-state index in [-0.39, 0.29) is 11.8 Å². The van der Waals surface area contributed by atoms with Gasteiger partial charge in [0.25, 0.3) is 5.91 Å². The fraction of sp³-hybridized carbons (Fsp3) is 0.286.